The Labute approximate surface area is 105 Å². The van der Waals surface area contributed by atoms with Gasteiger partial charge < -0.3 is 14.9 Å². The molecule has 0 aliphatic carbocycles. The van der Waals surface area contributed by atoms with Gasteiger partial charge in [-0.15, -0.1) is 0 Å². The van der Waals surface area contributed by atoms with Crippen molar-refractivity contribution in [3.8, 4) is 0 Å². The topological polar surface area (TPSA) is 64.8 Å². The zero-order valence-corrected chi connectivity index (χ0v) is 10.3. The number of nitrogens with zero attached hydrogens (tertiary/aromatic N) is 2. The lowest BCUT2D eigenvalue weighted by Gasteiger charge is -2.23. The Hall–Kier alpha value is -2.04. The third kappa shape index (κ3) is 1.72. The molecule has 18 heavy (non-hydrogen) atoms. The number of likely N-dealkylation sites (tertiary alicyclic amines) is 1. The summed E-state index contributed by atoms with van der Waals surface area (Å²) in [5.41, 5.74) is 1.68. The number of aromatic amines is 2. The largest absolute Gasteiger partial charge is 0.365 e. The zero-order valence-electron chi connectivity index (χ0n) is 10.3. The van der Waals surface area contributed by atoms with Gasteiger partial charge in [0.15, 0.2) is 0 Å². The van der Waals surface area contributed by atoms with Gasteiger partial charge in [0.25, 0.3) is 5.91 Å². The van der Waals surface area contributed by atoms with Crippen LogP contribution in [0.4, 0.5) is 0 Å². The molecular formula is C13H16N4O. The first-order chi connectivity index (χ1) is 8.77. The minimum absolute atomic E-state index is 0.0850. The number of carbonyl (C=O) groups is 1. The summed E-state index contributed by atoms with van der Waals surface area (Å²) < 4.78 is 0. The molecule has 3 heterocycles. The molecule has 0 radical (unpaired) electrons. The van der Waals surface area contributed by atoms with Crippen molar-refractivity contribution in [3.05, 3.63) is 41.7 Å². The molecule has 94 valence electrons. The summed E-state index contributed by atoms with van der Waals surface area (Å²) in [7, 11) is 0. The molecule has 1 aliphatic heterocycles. The standard InChI is InChI=1S/C13H16N4O/c1-9-10(4-5-14-9)13(18)17-8-2-3-11(17)12-15-6-7-16-12/h4-7,11,14H,2-3,8H2,1H3,(H,15,16). The quantitative estimate of drug-likeness (QED) is 0.848. The lowest BCUT2D eigenvalue weighted by Crippen LogP contribution is -2.31. The third-order valence-electron chi connectivity index (χ3n) is 3.53. The van der Waals surface area contributed by atoms with Gasteiger partial charge in [-0.05, 0) is 25.8 Å². The van der Waals surface area contributed by atoms with E-state index in [0.717, 1.165) is 36.5 Å². The van der Waals surface area contributed by atoms with E-state index in [1.54, 1.807) is 18.6 Å². The molecule has 2 aromatic rings. The highest BCUT2D eigenvalue weighted by Gasteiger charge is 2.32. The Balaban J connectivity index is 1.88. The van der Waals surface area contributed by atoms with Crippen LogP contribution in [0.3, 0.4) is 0 Å². The Kier molecular flexibility index (Phi) is 2.66. The first-order valence-electron chi connectivity index (χ1n) is 6.21. The van der Waals surface area contributed by atoms with Crippen LogP contribution in [0, 0.1) is 6.92 Å². The maximum Gasteiger partial charge on any atom is 0.256 e. The Morgan fingerprint density at radius 1 is 1.44 bits per heavy atom. The average molecular weight is 244 g/mol. The molecule has 0 bridgehead atoms. The summed E-state index contributed by atoms with van der Waals surface area (Å²) in [6.45, 7) is 2.72. The van der Waals surface area contributed by atoms with Gasteiger partial charge in [0, 0.05) is 30.8 Å². The van der Waals surface area contributed by atoms with Crippen molar-refractivity contribution in [2.45, 2.75) is 25.8 Å². The van der Waals surface area contributed by atoms with E-state index in [-0.39, 0.29) is 11.9 Å². The van der Waals surface area contributed by atoms with Crippen LogP contribution in [-0.2, 0) is 0 Å². The summed E-state index contributed by atoms with van der Waals surface area (Å²) in [6.07, 6.45) is 7.35. The van der Waals surface area contributed by atoms with Gasteiger partial charge in [0.1, 0.15) is 5.82 Å². The number of rotatable bonds is 2. The fourth-order valence-electron chi connectivity index (χ4n) is 2.59. The van der Waals surface area contributed by atoms with Gasteiger partial charge in [0.05, 0.1) is 11.6 Å². The minimum Gasteiger partial charge on any atom is -0.365 e. The van der Waals surface area contributed by atoms with Crippen LogP contribution in [0.1, 0.15) is 40.8 Å². The number of amides is 1. The van der Waals surface area contributed by atoms with E-state index in [9.17, 15) is 4.79 Å². The molecule has 0 aromatic carbocycles. The predicted octanol–water partition coefficient (Wildman–Crippen LogP) is 2.02. The van der Waals surface area contributed by atoms with Crippen LogP contribution in [0.15, 0.2) is 24.7 Å². The SMILES string of the molecule is Cc1[nH]ccc1C(=O)N1CCCC1c1ncc[nH]1. The maximum atomic E-state index is 12.5. The minimum atomic E-state index is 0.0850. The number of hydrogen-bond acceptors (Lipinski definition) is 2. The van der Waals surface area contributed by atoms with E-state index in [4.69, 9.17) is 0 Å². The van der Waals surface area contributed by atoms with Crippen molar-refractivity contribution in [1.29, 1.82) is 0 Å². The van der Waals surface area contributed by atoms with Crippen molar-refractivity contribution >= 4 is 5.91 Å². The summed E-state index contributed by atoms with van der Waals surface area (Å²) in [5.74, 6) is 0.974. The summed E-state index contributed by atoms with van der Waals surface area (Å²) in [5, 5.41) is 0. The molecule has 3 rings (SSSR count). The Morgan fingerprint density at radius 3 is 3.00 bits per heavy atom. The summed E-state index contributed by atoms with van der Waals surface area (Å²) in [4.78, 5) is 24.9. The van der Waals surface area contributed by atoms with Crippen molar-refractivity contribution in [2.24, 2.45) is 0 Å². The van der Waals surface area contributed by atoms with Crippen molar-refractivity contribution < 1.29 is 4.79 Å². The smallest absolute Gasteiger partial charge is 0.256 e. The van der Waals surface area contributed by atoms with E-state index in [2.05, 4.69) is 15.0 Å². The molecule has 1 fully saturated rings. The first-order valence-corrected chi connectivity index (χ1v) is 6.21. The highest BCUT2D eigenvalue weighted by molar-refractivity contribution is 5.95. The number of imidazole rings is 1. The van der Waals surface area contributed by atoms with Gasteiger partial charge in [-0.25, -0.2) is 4.98 Å². The van der Waals surface area contributed by atoms with Crippen LogP contribution >= 0.6 is 0 Å². The molecule has 5 nitrogen and oxygen atoms in total. The van der Waals surface area contributed by atoms with E-state index in [0.29, 0.717) is 0 Å². The van der Waals surface area contributed by atoms with Gasteiger partial charge in [0.2, 0.25) is 0 Å². The number of nitrogens with one attached hydrogen (secondary N) is 2. The van der Waals surface area contributed by atoms with Gasteiger partial charge >= 0.3 is 0 Å². The molecule has 0 saturated carbocycles. The van der Waals surface area contributed by atoms with Crippen molar-refractivity contribution in [3.63, 3.8) is 0 Å². The molecular weight excluding hydrogens is 228 g/mol. The fourth-order valence-corrected chi connectivity index (χ4v) is 2.59. The molecule has 1 saturated heterocycles. The molecule has 1 aliphatic rings. The first kappa shape index (κ1) is 11.1. The van der Waals surface area contributed by atoms with Crippen LogP contribution in [0.25, 0.3) is 0 Å². The van der Waals surface area contributed by atoms with Gasteiger partial charge in [-0.3, -0.25) is 4.79 Å². The van der Waals surface area contributed by atoms with Crippen molar-refractivity contribution in [1.82, 2.24) is 19.9 Å². The second-order valence-corrected chi connectivity index (χ2v) is 4.65. The van der Waals surface area contributed by atoms with Crippen LogP contribution in [0.2, 0.25) is 0 Å². The molecule has 5 heteroatoms. The number of aryl methyl sites for hydroxylation is 1. The van der Waals surface area contributed by atoms with Gasteiger partial charge in [-0.1, -0.05) is 0 Å². The normalized spacial score (nSPS) is 19.4. The van der Waals surface area contributed by atoms with E-state index in [1.807, 2.05) is 17.9 Å². The lowest BCUT2D eigenvalue weighted by atomic mass is 10.2. The highest BCUT2D eigenvalue weighted by Crippen LogP contribution is 2.31. The van der Waals surface area contributed by atoms with Gasteiger partial charge in [-0.2, -0.15) is 0 Å². The van der Waals surface area contributed by atoms with Crippen molar-refractivity contribution in [2.75, 3.05) is 6.54 Å². The van der Waals surface area contributed by atoms with E-state index < -0.39 is 0 Å². The lowest BCUT2D eigenvalue weighted by molar-refractivity contribution is 0.0730. The van der Waals surface area contributed by atoms with E-state index >= 15 is 0 Å². The van der Waals surface area contributed by atoms with E-state index in [1.165, 1.54) is 0 Å². The molecule has 1 unspecified atom stereocenters. The fraction of sp³-hybridized carbons (Fsp3) is 0.385. The molecule has 2 aromatic heterocycles. The number of H-pyrrole nitrogens is 2. The Morgan fingerprint density at radius 2 is 2.33 bits per heavy atom. The molecule has 0 spiro atoms. The van der Waals surface area contributed by atoms with Crippen LogP contribution in [0.5, 0.6) is 0 Å². The number of carbonyl (C=O) groups excluding carboxylic acids is 1. The maximum absolute atomic E-state index is 12.5. The number of hydrogen-bond donors (Lipinski definition) is 2. The average Bonchev–Trinajstić information content (AvgIpc) is 3.09. The summed E-state index contributed by atoms with van der Waals surface area (Å²) >= 11 is 0. The molecule has 2 N–H and O–H groups in total. The Bertz CT molecular complexity index is 543. The zero-order chi connectivity index (χ0) is 12.5. The predicted molar refractivity (Wildman–Crippen MR) is 67.1 cm³/mol. The monoisotopic (exact) mass is 244 g/mol. The van der Waals surface area contributed by atoms with Crippen LogP contribution < -0.4 is 0 Å². The summed E-state index contributed by atoms with van der Waals surface area (Å²) in [6, 6.07) is 1.93. The van der Waals surface area contributed by atoms with Crippen LogP contribution in [-0.4, -0.2) is 32.3 Å². The molecule has 1 amide bonds. The highest BCUT2D eigenvalue weighted by atomic mass is 16.2. The number of aromatic nitrogens is 3. The molecule has 1 atom stereocenters. The third-order valence-corrected chi connectivity index (χ3v) is 3.53. The second-order valence-electron chi connectivity index (χ2n) is 4.65. The second kappa shape index (κ2) is 4.33.